The van der Waals surface area contributed by atoms with E-state index in [1.54, 1.807) is 0 Å². The monoisotopic (exact) mass is 264 g/mol. The molecule has 4 aliphatic rings. The minimum atomic E-state index is 0.109. The molecule has 2 bridgehead atoms. The van der Waals surface area contributed by atoms with Crippen LogP contribution in [0.15, 0.2) is 0 Å². The highest BCUT2D eigenvalue weighted by molar-refractivity contribution is 5.81. The number of carbonyl (C=O) groups is 1. The van der Waals surface area contributed by atoms with Gasteiger partial charge in [0.2, 0.25) is 5.91 Å². The van der Waals surface area contributed by atoms with Crippen molar-refractivity contribution in [3.63, 3.8) is 0 Å². The first kappa shape index (κ1) is 12.2. The topological polar surface area (TPSA) is 55.6 Å². The predicted molar refractivity (Wildman–Crippen MR) is 71.4 cm³/mol. The van der Waals surface area contributed by atoms with Crippen molar-refractivity contribution in [2.45, 2.75) is 56.7 Å². The van der Waals surface area contributed by atoms with Crippen LogP contribution in [0.5, 0.6) is 0 Å². The quantitative estimate of drug-likeness (QED) is 0.772. The fraction of sp³-hybridized carbons (Fsp3) is 0.933. The van der Waals surface area contributed by atoms with Crippen molar-refractivity contribution < 1.29 is 9.53 Å². The van der Waals surface area contributed by atoms with Crippen molar-refractivity contribution in [3.05, 3.63) is 0 Å². The van der Waals surface area contributed by atoms with E-state index in [-0.39, 0.29) is 12.0 Å². The molecule has 4 heteroatoms. The van der Waals surface area contributed by atoms with Crippen molar-refractivity contribution in [1.82, 2.24) is 4.90 Å². The zero-order valence-electron chi connectivity index (χ0n) is 11.5. The van der Waals surface area contributed by atoms with Gasteiger partial charge in [0.1, 0.15) is 0 Å². The summed E-state index contributed by atoms with van der Waals surface area (Å²) in [6.07, 6.45) is 7.38. The molecule has 0 aromatic carbocycles. The van der Waals surface area contributed by atoms with Crippen LogP contribution in [0.4, 0.5) is 0 Å². The molecule has 0 aromatic heterocycles. The van der Waals surface area contributed by atoms with E-state index in [1.807, 2.05) is 0 Å². The lowest BCUT2D eigenvalue weighted by Gasteiger charge is -2.41. The van der Waals surface area contributed by atoms with Gasteiger partial charge >= 0.3 is 0 Å². The average molecular weight is 264 g/mol. The Hall–Kier alpha value is -0.610. The standard InChI is InChI=1S/C15H24N2O2/c16-14-10-5-4-9(8-10)13(14)15(18)17-6-7-19-12-3-1-2-11(12)17/h9-14H,1-8,16H2. The van der Waals surface area contributed by atoms with Crippen LogP contribution in [-0.4, -0.2) is 42.1 Å². The first-order chi connectivity index (χ1) is 9.25. The first-order valence-corrected chi connectivity index (χ1v) is 7.93. The molecule has 6 atom stereocenters. The Labute approximate surface area is 114 Å². The second kappa shape index (κ2) is 4.45. The number of morpholine rings is 1. The fourth-order valence-corrected chi connectivity index (χ4v) is 5.09. The highest BCUT2D eigenvalue weighted by atomic mass is 16.5. The first-order valence-electron chi connectivity index (χ1n) is 7.93. The lowest BCUT2D eigenvalue weighted by Crippen LogP contribution is -2.56. The number of amides is 1. The molecule has 6 unspecified atom stereocenters. The maximum Gasteiger partial charge on any atom is 0.227 e. The molecule has 4 nitrogen and oxygen atoms in total. The van der Waals surface area contributed by atoms with E-state index in [4.69, 9.17) is 10.5 Å². The highest BCUT2D eigenvalue weighted by Gasteiger charge is 2.52. The van der Waals surface area contributed by atoms with Crippen LogP contribution < -0.4 is 5.73 Å². The molecule has 4 rings (SSSR count). The van der Waals surface area contributed by atoms with Gasteiger partial charge in [-0.15, -0.1) is 0 Å². The van der Waals surface area contributed by atoms with Crippen LogP contribution in [0.25, 0.3) is 0 Å². The lowest BCUT2D eigenvalue weighted by molar-refractivity contribution is -0.150. The van der Waals surface area contributed by atoms with Gasteiger partial charge in [0.25, 0.3) is 0 Å². The van der Waals surface area contributed by atoms with Crippen molar-refractivity contribution in [3.8, 4) is 0 Å². The fourth-order valence-electron chi connectivity index (χ4n) is 5.09. The van der Waals surface area contributed by atoms with Gasteiger partial charge in [-0.05, 0) is 50.4 Å². The number of hydrogen-bond acceptors (Lipinski definition) is 3. The molecule has 4 fully saturated rings. The molecular formula is C15H24N2O2. The van der Waals surface area contributed by atoms with E-state index in [0.717, 1.165) is 19.4 Å². The van der Waals surface area contributed by atoms with E-state index in [1.165, 1.54) is 25.7 Å². The van der Waals surface area contributed by atoms with E-state index in [0.29, 0.717) is 36.5 Å². The van der Waals surface area contributed by atoms with Crippen LogP contribution in [-0.2, 0) is 9.53 Å². The van der Waals surface area contributed by atoms with Gasteiger partial charge in [-0.3, -0.25) is 4.79 Å². The Kier molecular flexibility index (Phi) is 2.85. The van der Waals surface area contributed by atoms with Crippen LogP contribution >= 0.6 is 0 Å². The Morgan fingerprint density at radius 2 is 2.00 bits per heavy atom. The van der Waals surface area contributed by atoms with Crippen molar-refractivity contribution in [1.29, 1.82) is 0 Å². The van der Waals surface area contributed by atoms with Gasteiger partial charge in [0.15, 0.2) is 0 Å². The number of carbonyl (C=O) groups excluding carboxylic acids is 1. The van der Waals surface area contributed by atoms with Gasteiger partial charge < -0.3 is 15.4 Å². The Balaban J connectivity index is 1.53. The molecular weight excluding hydrogens is 240 g/mol. The third-order valence-corrected chi connectivity index (χ3v) is 6.03. The number of fused-ring (bicyclic) bond motifs is 3. The molecule has 0 spiro atoms. The van der Waals surface area contributed by atoms with E-state index in [2.05, 4.69) is 4.90 Å². The van der Waals surface area contributed by atoms with E-state index >= 15 is 0 Å². The maximum atomic E-state index is 12.9. The zero-order valence-corrected chi connectivity index (χ0v) is 11.5. The summed E-state index contributed by atoms with van der Waals surface area (Å²) in [5.41, 5.74) is 6.33. The normalized spacial score (nSPS) is 48.6. The molecule has 3 aliphatic carbocycles. The third kappa shape index (κ3) is 1.76. The number of ether oxygens (including phenoxy) is 1. The summed E-state index contributed by atoms with van der Waals surface area (Å²) in [5.74, 6) is 1.63. The second-order valence-electron chi connectivity index (χ2n) is 6.88. The number of rotatable bonds is 1. The van der Waals surface area contributed by atoms with Gasteiger partial charge in [-0.1, -0.05) is 0 Å². The average Bonchev–Trinajstić information content (AvgIpc) is 3.12. The molecule has 1 heterocycles. The lowest BCUT2D eigenvalue weighted by atomic mass is 9.83. The summed E-state index contributed by atoms with van der Waals surface area (Å²) < 4.78 is 5.81. The van der Waals surface area contributed by atoms with Crippen LogP contribution in [0, 0.1) is 17.8 Å². The van der Waals surface area contributed by atoms with Crippen molar-refractivity contribution in [2.75, 3.05) is 13.2 Å². The minimum Gasteiger partial charge on any atom is -0.374 e. The molecule has 2 N–H and O–H groups in total. The summed E-state index contributed by atoms with van der Waals surface area (Å²) in [6, 6.07) is 0.460. The molecule has 1 saturated heterocycles. The largest absolute Gasteiger partial charge is 0.374 e. The van der Waals surface area contributed by atoms with Crippen LogP contribution in [0.2, 0.25) is 0 Å². The molecule has 1 amide bonds. The minimum absolute atomic E-state index is 0.109. The summed E-state index contributed by atoms with van der Waals surface area (Å²) in [6.45, 7) is 1.49. The van der Waals surface area contributed by atoms with Crippen molar-refractivity contribution >= 4 is 5.91 Å². The van der Waals surface area contributed by atoms with E-state index < -0.39 is 0 Å². The van der Waals surface area contributed by atoms with E-state index in [9.17, 15) is 4.79 Å². The highest BCUT2D eigenvalue weighted by Crippen LogP contribution is 2.48. The predicted octanol–water partition coefficient (Wildman–Crippen LogP) is 1.14. The Bertz CT molecular complexity index is 384. The smallest absolute Gasteiger partial charge is 0.227 e. The molecule has 106 valence electrons. The summed E-state index contributed by atoms with van der Waals surface area (Å²) in [5, 5.41) is 0. The molecule has 3 saturated carbocycles. The summed E-state index contributed by atoms with van der Waals surface area (Å²) >= 11 is 0. The zero-order chi connectivity index (χ0) is 13.0. The molecule has 0 radical (unpaired) electrons. The summed E-state index contributed by atoms with van der Waals surface area (Å²) in [4.78, 5) is 15.1. The third-order valence-electron chi connectivity index (χ3n) is 6.03. The number of nitrogens with zero attached hydrogens (tertiary/aromatic N) is 1. The Morgan fingerprint density at radius 3 is 2.79 bits per heavy atom. The van der Waals surface area contributed by atoms with Crippen molar-refractivity contribution in [2.24, 2.45) is 23.5 Å². The van der Waals surface area contributed by atoms with Crippen LogP contribution in [0.3, 0.4) is 0 Å². The second-order valence-corrected chi connectivity index (χ2v) is 6.88. The molecule has 19 heavy (non-hydrogen) atoms. The maximum absolute atomic E-state index is 12.9. The molecule has 0 aromatic rings. The number of nitrogens with two attached hydrogens (primary N) is 1. The SMILES string of the molecule is NC1C2CCC(C2)C1C(=O)N1CCOC2CCCC21. The summed E-state index contributed by atoms with van der Waals surface area (Å²) in [7, 11) is 0. The van der Waals surface area contributed by atoms with Gasteiger partial charge in [-0.25, -0.2) is 0 Å². The van der Waals surface area contributed by atoms with Crippen LogP contribution in [0.1, 0.15) is 38.5 Å². The van der Waals surface area contributed by atoms with Gasteiger partial charge in [0, 0.05) is 12.6 Å². The van der Waals surface area contributed by atoms with Gasteiger partial charge in [-0.2, -0.15) is 0 Å². The molecule has 1 aliphatic heterocycles. The van der Waals surface area contributed by atoms with Gasteiger partial charge in [0.05, 0.1) is 24.7 Å². The Morgan fingerprint density at radius 1 is 1.16 bits per heavy atom. The number of hydrogen-bond donors (Lipinski definition) is 1.